The molecule has 0 radical (unpaired) electrons. The molecule has 0 saturated heterocycles. The summed E-state index contributed by atoms with van der Waals surface area (Å²) in [6.07, 6.45) is 24.0. The Morgan fingerprint density at radius 1 is 0.828 bits per heavy atom. The topological polar surface area (TPSA) is 89.8 Å². The number of aliphatic imine (C=N–C) groups is 1. The van der Waals surface area contributed by atoms with Crippen LogP contribution < -0.4 is 56.5 Å². The fourth-order valence-electron chi connectivity index (χ4n) is 3.14. The molecule has 0 heterocycles. The Balaban J connectivity index is 0. The first-order valence-electron chi connectivity index (χ1n) is 11.3. The van der Waals surface area contributed by atoms with Gasteiger partial charge in [0.2, 0.25) is 0 Å². The van der Waals surface area contributed by atoms with E-state index in [0.29, 0.717) is 0 Å². The summed E-state index contributed by atoms with van der Waals surface area (Å²) in [7, 11) is -4.04. The third-order valence-electron chi connectivity index (χ3n) is 4.85. The molecule has 1 N–H and O–H groups in total. The average Bonchev–Trinajstić information content (AvgIpc) is 2.63. The minimum Gasteiger partial charge on any atom is -0.859 e. The second-order valence-electron chi connectivity index (χ2n) is 7.65. The second-order valence-corrected chi connectivity index (χ2v) is 9.22. The maximum atomic E-state index is 11.4. The number of hydrogen-bond donors (Lipinski definition) is 1. The van der Waals surface area contributed by atoms with E-state index in [1.54, 1.807) is 6.08 Å². The standard InChI is InChI=1S/C22H43NO4S.K/c1-2-3-4-5-6-7-8-9-10-11-12-13-14-15-16-17-18-19-22(24)23-20-21-28(25,26)27;/h18-19H,2-17,20-21H2,1H3,(H,23,24)(H,25,26,27);/q;+1/p-1/b19-18+;. The van der Waals surface area contributed by atoms with Crippen LogP contribution in [0, 0.1) is 0 Å². The molecule has 0 saturated carbocycles. The van der Waals surface area contributed by atoms with E-state index in [1.165, 1.54) is 96.0 Å². The molecule has 0 rings (SSSR count). The quantitative estimate of drug-likeness (QED) is 0.100. The van der Waals surface area contributed by atoms with Crippen molar-refractivity contribution < 1.29 is 69.5 Å². The summed E-state index contributed by atoms with van der Waals surface area (Å²) >= 11 is 0. The van der Waals surface area contributed by atoms with Crippen LogP contribution in [0.4, 0.5) is 0 Å². The molecule has 0 aromatic carbocycles. The van der Waals surface area contributed by atoms with Crippen molar-refractivity contribution in [3.05, 3.63) is 12.2 Å². The van der Waals surface area contributed by atoms with Crippen LogP contribution in [0.1, 0.15) is 110 Å². The first-order valence-corrected chi connectivity index (χ1v) is 12.9. The van der Waals surface area contributed by atoms with Crippen LogP contribution in [0.3, 0.4) is 0 Å². The summed E-state index contributed by atoms with van der Waals surface area (Å²) in [5.74, 6) is -0.948. The van der Waals surface area contributed by atoms with Gasteiger partial charge in [-0.15, -0.1) is 0 Å². The minimum absolute atomic E-state index is 0. The second kappa shape index (κ2) is 23.4. The molecule has 166 valence electrons. The first-order chi connectivity index (χ1) is 13.5. The Morgan fingerprint density at radius 2 is 1.24 bits per heavy atom. The monoisotopic (exact) mass is 455 g/mol. The molecule has 0 atom stereocenters. The predicted octanol–water partition coefficient (Wildman–Crippen LogP) is 2.45. The molecule has 0 bridgehead atoms. The molecule has 0 amide bonds. The zero-order valence-corrected chi connectivity index (χ0v) is 22.8. The van der Waals surface area contributed by atoms with E-state index < -0.39 is 21.8 Å². The van der Waals surface area contributed by atoms with Crippen LogP contribution >= 0.6 is 0 Å². The van der Waals surface area contributed by atoms with Gasteiger partial charge in [0, 0.05) is 0 Å². The van der Waals surface area contributed by atoms with E-state index in [1.807, 2.05) is 0 Å². The number of allylic oxidation sites excluding steroid dienone is 1. The Morgan fingerprint density at radius 3 is 1.66 bits per heavy atom. The molecule has 0 aromatic rings. The Kier molecular flexibility index (Phi) is 25.8. The molecule has 0 aliphatic carbocycles. The van der Waals surface area contributed by atoms with E-state index in [4.69, 9.17) is 4.55 Å². The molecule has 0 spiro atoms. The van der Waals surface area contributed by atoms with E-state index in [2.05, 4.69) is 11.9 Å². The Hall–Kier alpha value is 0.756. The van der Waals surface area contributed by atoms with Crippen molar-refractivity contribution in [2.24, 2.45) is 4.99 Å². The number of nitrogens with zero attached hydrogens (tertiary/aromatic N) is 1. The van der Waals surface area contributed by atoms with Gasteiger partial charge in [0.25, 0.3) is 10.1 Å². The van der Waals surface area contributed by atoms with Gasteiger partial charge in [-0.2, -0.15) is 8.42 Å². The van der Waals surface area contributed by atoms with Crippen LogP contribution in [0.15, 0.2) is 17.1 Å². The molecule has 0 unspecified atom stereocenters. The normalized spacial score (nSPS) is 12.4. The zero-order valence-electron chi connectivity index (χ0n) is 18.9. The summed E-state index contributed by atoms with van der Waals surface area (Å²) in [5.41, 5.74) is 0. The van der Waals surface area contributed by atoms with Gasteiger partial charge in [-0.3, -0.25) is 9.55 Å². The third-order valence-corrected chi connectivity index (χ3v) is 5.55. The molecular formula is C22H42KNO4S. The Labute approximate surface area is 222 Å². The van der Waals surface area contributed by atoms with Crippen LogP contribution in [-0.4, -0.2) is 31.2 Å². The van der Waals surface area contributed by atoms with Gasteiger partial charge >= 0.3 is 51.4 Å². The fraction of sp³-hybridized carbons (Fsp3) is 0.864. The first kappa shape index (κ1) is 31.9. The number of hydrogen-bond acceptors (Lipinski definition) is 4. The summed E-state index contributed by atoms with van der Waals surface area (Å²) in [4.78, 5) is 3.56. The smallest absolute Gasteiger partial charge is 0.859 e. The van der Waals surface area contributed by atoms with Gasteiger partial charge < -0.3 is 5.11 Å². The van der Waals surface area contributed by atoms with Crippen LogP contribution in [-0.2, 0) is 10.1 Å². The molecular weight excluding hydrogens is 413 g/mol. The fourth-order valence-corrected chi connectivity index (χ4v) is 3.46. The van der Waals surface area contributed by atoms with E-state index in [9.17, 15) is 13.5 Å². The van der Waals surface area contributed by atoms with Gasteiger partial charge in [-0.1, -0.05) is 109 Å². The van der Waals surface area contributed by atoms with E-state index >= 15 is 0 Å². The van der Waals surface area contributed by atoms with Gasteiger partial charge in [-0.25, -0.2) is 0 Å². The minimum atomic E-state index is -4.04. The van der Waals surface area contributed by atoms with Crippen LogP contribution in [0.2, 0.25) is 0 Å². The predicted molar refractivity (Wildman–Crippen MR) is 117 cm³/mol. The van der Waals surface area contributed by atoms with E-state index in [-0.39, 0.29) is 57.9 Å². The molecule has 5 nitrogen and oxygen atoms in total. The number of unbranched alkanes of at least 4 members (excludes halogenated alkanes) is 15. The molecule has 0 fully saturated rings. The maximum Gasteiger partial charge on any atom is 1.00 e. The number of rotatable bonds is 20. The molecule has 0 aliphatic rings. The van der Waals surface area contributed by atoms with Gasteiger partial charge in [0.1, 0.15) is 0 Å². The van der Waals surface area contributed by atoms with Crippen LogP contribution in [0.5, 0.6) is 0 Å². The van der Waals surface area contributed by atoms with Gasteiger partial charge in [0.05, 0.1) is 12.3 Å². The maximum absolute atomic E-state index is 11.4. The molecule has 7 heteroatoms. The van der Waals surface area contributed by atoms with Crippen molar-refractivity contribution in [3.8, 4) is 0 Å². The van der Waals surface area contributed by atoms with Crippen molar-refractivity contribution in [1.29, 1.82) is 0 Å². The summed E-state index contributed by atoms with van der Waals surface area (Å²) < 4.78 is 29.6. The van der Waals surface area contributed by atoms with Gasteiger partial charge in [-0.05, 0) is 18.7 Å². The summed E-state index contributed by atoms with van der Waals surface area (Å²) in [6.45, 7) is 2.07. The van der Waals surface area contributed by atoms with E-state index in [0.717, 1.165) is 12.8 Å². The van der Waals surface area contributed by atoms with Crippen molar-refractivity contribution in [2.75, 3.05) is 12.3 Å². The van der Waals surface area contributed by atoms with Crippen molar-refractivity contribution in [1.82, 2.24) is 0 Å². The summed E-state index contributed by atoms with van der Waals surface area (Å²) in [6, 6.07) is 0. The Bertz CT molecular complexity index is 507. The largest absolute Gasteiger partial charge is 1.00 e. The SMILES string of the molecule is CCCCCCCCCCCCCCCCC/C=C/C([O-])=NCCS(=O)(=O)O.[K+]. The molecule has 0 aliphatic heterocycles. The van der Waals surface area contributed by atoms with Crippen molar-refractivity contribution in [2.45, 2.75) is 110 Å². The third kappa shape index (κ3) is 28.8. The van der Waals surface area contributed by atoms with Crippen LogP contribution in [0.25, 0.3) is 0 Å². The average molecular weight is 456 g/mol. The van der Waals surface area contributed by atoms with Gasteiger partial charge in [0.15, 0.2) is 0 Å². The van der Waals surface area contributed by atoms with Crippen molar-refractivity contribution in [3.63, 3.8) is 0 Å². The summed E-state index contributed by atoms with van der Waals surface area (Å²) in [5, 5.41) is 11.4. The van der Waals surface area contributed by atoms with Crippen molar-refractivity contribution >= 4 is 16.0 Å². The zero-order chi connectivity index (χ0) is 20.9. The molecule has 0 aromatic heterocycles. The molecule has 29 heavy (non-hydrogen) atoms.